The topological polar surface area (TPSA) is 93.2 Å². The summed E-state index contributed by atoms with van der Waals surface area (Å²) >= 11 is 2.74. The van der Waals surface area contributed by atoms with Crippen LogP contribution in [0.1, 0.15) is 20.8 Å². The molecule has 0 saturated heterocycles. The SMILES string of the molecule is COc1ccc(-c2nc(C(=O)Nc3ccc(C(=O)Nc4nccs4)cc3)cs2)cc1. The van der Waals surface area contributed by atoms with Gasteiger partial charge in [0.1, 0.15) is 16.5 Å². The second-order valence-electron chi connectivity index (χ2n) is 6.09. The molecule has 7 nitrogen and oxygen atoms in total. The van der Waals surface area contributed by atoms with Crippen molar-refractivity contribution in [1.82, 2.24) is 9.97 Å². The van der Waals surface area contributed by atoms with Gasteiger partial charge in [0.05, 0.1) is 7.11 Å². The second kappa shape index (κ2) is 8.85. The maximum absolute atomic E-state index is 12.5. The van der Waals surface area contributed by atoms with E-state index in [1.165, 1.54) is 22.7 Å². The molecule has 0 bridgehead atoms. The number of anilines is 2. The fraction of sp³-hybridized carbons (Fsp3) is 0.0476. The normalized spacial score (nSPS) is 10.4. The van der Waals surface area contributed by atoms with E-state index in [-0.39, 0.29) is 11.8 Å². The third kappa shape index (κ3) is 4.53. The molecule has 2 N–H and O–H groups in total. The first-order chi connectivity index (χ1) is 14.6. The third-order valence-electron chi connectivity index (χ3n) is 4.13. The predicted molar refractivity (Wildman–Crippen MR) is 119 cm³/mol. The highest BCUT2D eigenvalue weighted by Crippen LogP contribution is 2.26. The van der Waals surface area contributed by atoms with Crippen LogP contribution in [0, 0.1) is 0 Å². The zero-order chi connectivity index (χ0) is 20.9. The van der Waals surface area contributed by atoms with Crippen molar-refractivity contribution in [3.63, 3.8) is 0 Å². The molecule has 0 spiro atoms. The fourth-order valence-corrected chi connectivity index (χ4v) is 3.93. The summed E-state index contributed by atoms with van der Waals surface area (Å²) in [6.45, 7) is 0. The number of aromatic nitrogens is 2. The first-order valence-electron chi connectivity index (χ1n) is 8.84. The number of amides is 2. The summed E-state index contributed by atoms with van der Waals surface area (Å²) in [4.78, 5) is 33.2. The summed E-state index contributed by atoms with van der Waals surface area (Å²) in [7, 11) is 1.61. The van der Waals surface area contributed by atoms with Crippen LogP contribution in [-0.4, -0.2) is 28.9 Å². The quantitative estimate of drug-likeness (QED) is 0.454. The van der Waals surface area contributed by atoms with Crippen LogP contribution in [0.25, 0.3) is 10.6 Å². The van der Waals surface area contributed by atoms with Gasteiger partial charge in [-0.05, 0) is 48.5 Å². The van der Waals surface area contributed by atoms with Crippen LogP contribution in [0.2, 0.25) is 0 Å². The van der Waals surface area contributed by atoms with Crippen LogP contribution in [-0.2, 0) is 0 Å². The lowest BCUT2D eigenvalue weighted by atomic mass is 10.2. The van der Waals surface area contributed by atoms with Crippen LogP contribution >= 0.6 is 22.7 Å². The number of benzene rings is 2. The van der Waals surface area contributed by atoms with Gasteiger partial charge in [-0.2, -0.15) is 0 Å². The van der Waals surface area contributed by atoms with Crippen molar-refractivity contribution >= 4 is 45.3 Å². The van der Waals surface area contributed by atoms with Crippen molar-refractivity contribution in [3.8, 4) is 16.3 Å². The van der Waals surface area contributed by atoms with Gasteiger partial charge in [-0.15, -0.1) is 22.7 Å². The largest absolute Gasteiger partial charge is 0.497 e. The van der Waals surface area contributed by atoms with E-state index >= 15 is 0 Å². The van der Waals surface area contributed by atoms with Crippen LogP contribution in [0.5, 0.6) is 5.75 Å². The number of carbonyl (C=O) groups excluding carboxylic acids is 2. The molecule has 2 heterocycles. The summed E-state index contributed by atoms with van der Waals surface area (Å²) < 4.78 is 5.16. The van der Waals surface area contributed by atoms with Crippen molar-refractivity contribution in [3.05, 3.63) is 76.7 Å². The Morgan fingerprint density at radius 3 is 2.37 bits per heavy atom. The highest BCUT2D eigenvalue weighted by atomic mass is 32.1. The standard InChI is InChI=1S/C21H16N4O3S2/c1-28-16-8-4-14(5-9-16)20-24-17(12-30-20)19(27)23-15-6-2-13(3-7-15)18(26)25-21-22-10-11-29-21/h2-12H,1H3,(H,23,27)(H,22,25,26). The van der Waals surface area contributed by atoms with Gasteiger partial charge in [-0.1, -0.05) is 0 Å². The van der Waals surface area contributed by atoms with E-state index < -0.39 is 0 Å². The summed E-state index contributed by atoms with van der Waals surface area (Å²) in [6.07, 6.45) is 1.62. The van der Waals surface area contributed by atoms with Crippen molar-refractivity contribution in [2.45, 2.75) is 0 Å². The molecule has 0 saturated carbocycles. The fourth-order valence-electron chi connectivity index (χ4n) is 2.60. The molecule has 0 atom stereocenters. The lowest BCUT2D eigenvalue weighted by Gasteiger charge is -2.05. The van der Waals surface area contributed by atoms with Gasteiger partial charge < -0.3 is 10.1 Å². The summed E-state index contributed by atoms with van der Waals surface area (Å²) in [5.41, 5.74) is 2.29. The first kappa shape index (κ1) is 19.7. The number of hydrogen-bond acceptors (Lipinski definition) is 7. The number of thiazole rings is 2. The van der Waals surface area contributed by atoms with E-state index in [0.29, 0.717) is 22.1 Å². The summed E-state index contributed by atoms with van der Waals surface area (Å²) in [5.74, 6) is 0.189. The second-order valence-corrected chi connectivity index (χ2v) is 7.84. The Hall–Kier alpha value is -3.56. The zero-order valence-electron chi connectivity index (χ0n) is 15.8. The molecule has 2 aromatic carbocycles. The zero-order valence-corrected chi connectivity index (χ0v) is 17.4. The number of carbonyl (C=O) groups is 2. The molecule has 0 aliphatic carbocycles. The Morgan fingerprint density at radius 1 is 0.933 bits per heavy atom. The maximum atomic E-state index is 12.5. The molecule has 0 unspecified atom stereocenters. The first-order valence-corrected chi connectivity index (χ1v) is 10.6. The van der Waals surface area contributed by atoms with Crippen LogP contribution in [0.15, 0.2) is 65.5 Å². The number of methoxy groups -OCH3 is 1. The van der Waals surface area contributed by atoms with Crippen molar-refractivity contribution < 1.29 is 14.3 Å². The van der Waals surface area contributed by atoms with E-state index in [1.54, 1.807) is 48.3 Å². The number of rotatable bonds is 6. The molecule has 4 rings (SSSR count). The Bertz CT molecular complexity index is 1150. The van der Waals surface area contributed by atoms with Crippen molar-refractivity contribution in [1.29, 1.82) is 0 Å². The molecule has 0 aliphatic heterocycles. The number of nitrogens with zero attached hydrogens (tertiary/aromatic N) is 2. The minimum atomic E-state index is -0.314. The molecular formula is C21H16N4O3S2. The minimum Gasteiger partial charge on any atom is -0.497 e. The number of nitrogens with one attached hydrogen (secondary N) is 2. The highest BCUT2D eigenvalue weighted by Gasteiger charge is 2.13. The Labute approximate surface area is 180 Å². The van der Waals surface area contributed by atoms with E-state index in [9.17, 15) is 9.59 Å². The molecule has 4 aromatic rings. The molecule has 0 aliphatic rings. The van der Waals surface area contributed by atoms with Gasteiger partial charge in [0.25, 0.3) is 11.8 Å². The molecule has 150 valence electrons. The molecular weight excluding hydrogens is 420 g/mol. The lowest BCUT2D eigenvalue weighted by Crippen LogP contribution is -2.14. The summed E-state index contributed by atoms with van der Waals surface area (Å²) in [6, 6.07) is 14.1. The van der Waals surface area contributed by atoms with E-state index in [1.807, 2.05) is 24.3 Å². The van der Waals surface area contributed by atoms with Gasteiger partial charge >= 0.3 is 0 Å². The Balaban J connectivity index is 1.40. The third-order valence-corrected chi connectivity index (χ3v) is 5.71. The van der Waals surface area contributed by atoms with E-state index in [2.05, 4.69) is 20.6 Å². The Morgan fingerprint density at radius 2 is 1.70 bits per heavy atom. The van der Waals surface area contributed by atoms with Gasteiger partial charge in [0, 0.05) is 33.8 Å². The number of hydrogen-bond donors (Lipinski definition) is 2. The molecule has 0 fully saturated rings. The summed E-state index contributed by atoms with van der Waals surface area (Å²) in [5, 5.41) is 10.3. The van der Waals surface area contributed by atoms with Crippen molar-refractivity contribution in [2.75, 3.05) is 17.7 Å². The van der Waals surface area contributed by atoms with Crippen LogP contribution in [0.3, 0.4) is 0 Å². The van der Waals surface area contributed by atoms with Gasteiger partial charge in [0.15, 0.2) is 5.13 Å². The lowest BCUT2D eigenvalue weighted by molar-refractivity contribution is 0.101. The Kier molecular flexibility index (Phi) is 5.82. The smallest absolute Gasteiger partial charge is 0.275 e. The van der Waals surface area contributed by atoms with Crippen molar-refractivity contribution in [2.24, 2.45) is 0 Å². The van der Waals surface area contributed by atoms with Gasteiger partial charge in [-0.3, -0.25) is 14.9 Å². The van der Waals surface area contributed by atoms with E-state index in [4.69, 9.17) is 4.74 Å². The molecule has 0 radical (unpaired) electrons. The average molecular weight is 437 g/mol. The maximum Gasteiger partial charge on any atom is 0.275 e. The van der Waals surface area contributed by atoms with Gasteiger partial charge in [-0.25, -0.2) is 9.97 Å². The average Bonchev–Trinajstić information content (AvgIpc) is 3.47. The predicted octanol–water partition coefficient (Wildman–Crippen LogP) is 4.78. The molecule has 9 heteroatoms. The number of ether oxygens (including phenoxy) is 1. The van der Waals surface area contributed by atoms with Crippen LogP contribution < -0.4 is 15.4 Å². The van der Waals surface area contributed by atoms with Crippen LogP contribution in [0.4, 0.5) is 10.8 Å². The minimum absolute atomic E-state index is 0.258. The molecule has 2 amide bonds. The molecule has 2 aromatic heterocycles. The van der Waals surface area contributed by atoms with E-state index in [0.717, 1.165) is 16.3 Å². The highest BCUT2D eigenvalue weighted by molar-refractivity contribution is 7.14. The monoisotopic (exact) mass is 436 g/mol. The van der Waals surface area contributed by atoms with Gasteiger partial charge in [0.2, 0.25) is 0 Å². The molecule has 30 heavy (non-hydrogen) atoms.